The molecule has 0 atom stereocenters. The number of anilines is 2. The third kappa shape index (κ3) is 5.77. The summed E-state index contributed by atoms with van der Waals surface area (Å²) in [4.78, 5) is 15.4. The van der Waals surface area contributed by atoms with Crippen molar-refractivity contribution in [1.29, 1.82) is 0 Å². The van der Waals surface area contributed by atoms with E-state index in [4.69, 9.17) is 4.74 Å². The molecule has 1 aliphatic rings. The van der Waals surface area contributed by atoms with Crippen molar-refractivity contribution in [3.8, 4) is 5.75 Å². The van der Waals surface area contributed by atoms with Crippen LogP contribution in [0.15, 0.2) is 77.7 Å². The van der Waals surface area contributed by atoms with E-state index in [0.717, 1.165) is 28.5 Å². The summed E-state index contributed by atoms with van der Waals surface area (Å²) in [6.45, 7) is 3.97. The van der Waals surface area contributed by atoms with Gasteiger partial charge in [0, 0.05) is 25.3 Å². The Morgan fingerprint density at radius 3 is 2.29 bits per heavy atom. The van der Waals surface area contributed by atoms with Crippen molar-refractivity contribution in [2.45, 2.75) is 31.2 Å². The number of para-hydroxylation sites is 2. The number of sulfonamides is 1. The molecule has 4 rings (SSSR count). The zero-order chi connectivity index (χ0) is 24.8. The van der Waals surface area contributed by atoms with Gasteiger partial charge in [-0.3, -0.25) is 9.10 Å². The Hall–Kier alpha value is -3.52. The second kappa shape index (κ2) is 10.8. The lowest BCUT2D eigenvalue weighted by Gasteiger charge is -2.25. The van der Waals surface area contributed by atoms with E-state index < -0.39 is 15.9 Å². The standard InChI is InChI=1S/C27H31N3O4S/c1-21-9-15-24(16-10-21)35(32,33)30(25-7-3-4-8-26(25)34-2)20-27(31)28-19-22-11-13-23(14-12-22)29-17-5-6-18-29/h3-4,7-16H,5-6,17-20H2,1-2H3,(H,28,31). The van der Waals surface area contributed by atoms with Crippen molar-refractivity contribution in [3.63, 3.8) is 0 Å². The van der Waals surface area contributed by atoms with Crippen LogP contribution < -0.4 is 19.3 Å². The minimum absolute atomic E-state index is 0.110. The number of nitrogens with one attached hydrogen (secondary N) is 1. The molecule has 7 nitrogen and oxygen atoms in total. The van der Waals surface area contributed by atoms with E-state index in [0.29, 0.717) is 18.0 Å². The summed E-state index contributed by atoms with van der Waals surface area (Å²) in [5, 5.41) is 2.86. The number of amides is 1. The van der Waals surface area contributed by atoms with E-state index in [1.807, 2.05) is 19.1 Å². The van der Waals surface area contributed by atoms with Gasteiger partial charge in [0.15, 0.2) is 0 Å². The molecule has 1 saturated heterocycles. The fourth-order valence-electron chi connectivity index (χ4n) is 4.16. The predicted octanol–water partition coefficient (Wildman–Crippen LogP) is 4.12. The summed E-state index contributed by atoms with van der Waals surface area (Å²) in [6, 6.07) is 21.5. The molecule has 0 bridgehead atoms. The lowest BCUT2D eigenvalue weighted by molar-refractivity contribution is -0.119. The maximum absolute atomic E-state index is 13.6. The van der Waals surface area contributed by atoms with Crippen molar-refractivity contribution in [2.24, 2.45) is 0 Å². The Kier molecular flexibility index (Phi) is 7.60. The van der Waals surface area contributed by atoms with Gasteiger partial charge in [-0.05, 0) is 61.7 Å². The smallest absolute Gasteiger partial charge is 0.264 e. The molecular weight excluding hydrogens is 462 g/mol. The third-order valence-corrected chi connectivity index (χ3v) is 7.92. The molecular formula is C27H31N3O4S. The van der Waals surface area contributed by atoms with Gasteiger partial charge in [0.25, 0.3) is 10.0 Å². The number of carbonyl (C=O) groups is 1. The quantitative estimate of drug-likeness (QED) is 0.485. The van der Waals surface area contributed by atoms with Crippen LogP contribution in [0.25, 0.3) is 0 Å². The highest BCUT2D eigenvalue weighted by molar-refractivity contribution is 7.92. The van der Waals surface area contributed by atoms with Crippen LogP contribution in [0.4, 0.5) is 11.4 Å². The highest BCUT2D eigenvalue weighted by Gasteiger charge is 2.29. The fourth-order valence-corrected chi connectivity index (χ4v) is 5.59. The van der Waals surface area contributed by atoms with Gasteiger partial charge < -0.3 is 15.0 Å². The van der Waals surface area contributed by atoms with E-state index in [1.54, 1.807) is 48.5 Å². The molecule has 1 heterocycles. The highest BCUT2D eigenvalue weighted by atomic mass is 32.2. The second-order valence-electron chi connectivity index (χ2n) is 8.63. The molecule has 1 fully saturated rings. The van der Waals surface area contributed by atoms with Crippen LogP contribution in [-0.4, -0.2) is 41.1 Å². The van der Waals surface area contributed by atoms with Gasteiger partial charge in [0.05, 0.1) is 17.7 Å². The van der Waals surface area contributed by atoms with Gasteiger partial charge >= 0.3 is 0 Å². The van der Waals surface area contributed by atoms with Crippen molar-refractivity contribution in [2.75, 3.05) is 35.9 Å². The molecule has 0 saturated carbocycles. The molecule has 1 amide bonds. The van der Waals surface area contributed by atoms with Gasteiger partial charge in [-0.1, -0.05) is 42.0 Å². The molecule has 8 heteroatoms. The predicted molar refractivity (Wildman–Crippen MR) is 138 cm³/mol. The van der Waals surface area contributed by atoms with E-state index in [2.05, 4.69) is 22.3 Å². The maximum atomic E-state index is 13.6. The number of carbonyl (C=O) groups excluding carboxylic acids is 1. The van der Waals surface area contributed by atoms with Crippen LogP contribution in [0.1, 0.15) is 24.0 Å². The van der Waals surface area contributed by atoms with Crippen molar-refractivity contribution in [3.05, 3.63) is 83.9 Å². The van der Waals surface area contributed by atoms with Crippen LogP contribution in [0.2, 0.25) is 0 Å². The summed E-state index contributed by atoms with van der Waals surface area (Å²) in [7, 11) is -2.54. The molecule has 1 N–H and O–H groups in total. The first-order valence-electron chi connectivity index (χ1n) is 11.7. The summed E-state index contributed by atoms with van der Waals surface area (Å²) < 4.78 is 33.6. The van der Waals surface area contributed by atoms with Gasteiger partial charge in [-0.25, -0.2) is 8.42 Å². The maximum Gasteiger partial charge on any atom is 0.264 e. The monoisotopic (exact) mass is 493 g/mol. The topological polar surface area (TPSA) is 79.0 Å². The van der Waals surface area contributed by atoms with Crippen LogP contribution in [-0.2, 0) is 21.4 Å². The molecule has 3 aromatic rings. The molecule has 0 radical (unpaired) electrons. The zero-order valence-electron chi connectivity index (χ0n) is 20.1. The Morgan fingerprint density at radius 1 is 0.971 bits per heavy atom. The molecule has 35 heavy (non-hydrogen) atoms. The lowest BCUT2D eigenvalue weighted by atomic mass is 10.2. The summed E-state index contributed by atoms with van der Waals surface area (Å²) in [6.07, 6.45) is 2.43. The molecule has 3 aromatic carbocycles. The number of nitrogens with zero attached hydrogens (tertiary/aromatic N) is 2. The normalized spacial score (nSPS) is 13.5. The first-order chi connectivity index (χ1) is 16.9. The Morgan fingerprint density at radius 2 is 1.63 bits per heavy atom. The third-order valence-electron chi connectivity index (χ3n) is 6.15. The average molecular weight is 494 g/mol. The van der Waals surface area contributed by atoms with Crippen molar-refractivity contribution < 1.29 is 17.9 Å². The first-order valence-corrected chi connectivity index (χ1v) is 13.2. The number of rotatable bonds is 9. The fraction of sp³-hybridized carbons (Fsp3) is 0.296. The van der Waals surface area contributed by atoms with Crippen LogP contribution in [0, 0.1) is 6.92 Å². The number of ether oxygens (including phenoxy) is 1. The zero-order valence-corrected chi connectivity index (χ0v) is 20.9. The van der Waals surface area contributed by atoms with E-state index in [9.17, 15) is 13.2 Å². The minimum atomic E-state index is -4.01. The number of aryl methyl sites for hydroxylation is 1. The molecule has 0 spiro atoms. The SMILES string of the molecule is COc1ccccc1N(CC(=O)NCc1ccc(N2CCCC2)cc1)S(=O)(=O)c1ccc(C)cc1. The second-order valence-corrected chi connectivity index (χ2v) is 10.5. The first kappa shape index (κ1) is 24.6. The van der Waals surface area contributed by atoms with E-state index >= 15 is 0 Å². The van der Waals surface area contributed by atoms with Crippen molar-refractivity contribution in [1.82, 2.24) is 5.32 Å². The number of hydrogen-bond donors (Lipinski definition) is 1. The van der Waals surface area contributed by atoms with E-state index in [-0.39, 0.29) is 11.4 Å². The molecule has 184 valence electrons. The Bertz CT molecular complexity index is 1250. The number of hydrogen-bond acceptors (Lipinski definition) is 5. The molecule has 0 unspecified atom stereocenters. The lowest BCUT2D eigenvalue weighted by Crippen LogP contribution is -2.40. The minimum Gasteiger partial charge on any atom is -0.495 e. The number of methoxy groups -OCH3 is 1. The summed E-state index contributed by atoms with van der Waals surface area (Å²) in [5.74, 6) is -0.0382. The van der Waals surface area contributed by atoms with Crippen LogP contribution in [0.5, 0.6) is 5.75 Å². The summed E-state index contributed by atoms with van der Waals surface area (Å²) >= 11 is 0. The van der Waals surface area contributed by atoms with E-state index in [1.165, 1.54) is 25.6 Å². The van der Waals surface area contributed by atoms with Gasteiger partial charge in [0.1, 0.15) is 12.3 Å². The van der Waals surface area contributed by atoms with Crippen molar-refractivity contribution >= 4 is 27.3 Å². The Labute approximate surface area is 207 Å². The van der Waals surface area contributed by atoms with Gasteiger partial charge in [-0.15, -0.1) is 0 Å². The summed E-state index contributed by atoms with van der Waals surface area (Å²) in [5.41, 5.74) is 3.39. The number of benzene rings is 3. The van der Waals surface area contributed by atoms with Crippen LogP contribution in [0.3, 0.4) is 0 Å². The van der Waals surface area contributed by atoms with Gasteiger partial charge in [-0.2, -0.15) is 0 Å². The molecule has 0 aliphatic carbocycles. The molecule has 0 aromatic heterocycles. The molecule has 1 aliphatic heterocycles. The largest absolute Gasteiger partial charge is 0.495 e. The highest BCUT2D eigenvalue weighted by Crippen LogP contribution is 2.32. The Balaban J connectivity index is 1.51. The average Bonchev–Trinajstić information content (AvgIpc) is 3.42. The van der Waals surface area contributed by atoms with Gasteiger partial charge in [0.2, 0.25) is 5.91 Å². The van der Waals surface area contributed by atoms with Crippen LogP contribution >= 0.6 is 0 Å².